The highest BCUT2D eigenvalue weighted by Crippen LogP contribution is 2.30. The molecule has 0 aliphatic heterocycles. The Bertz CT molecular complexity index is 1120. The lowest BCUT2D eigenvalue weighted by molar-refractivity contribution is -0.137. The molecule has 29 heavy (non-hydrogen) atoms. The maximum Gasteiger partial charge on any atom is 0.416 e. The summed E-state index contributed by atoms with van der Waals surface area (Å²) in [6, 6.07) is 7.77. The van der Waals surface area contributed by atoms with Crippen LogP contribution < -0.4 is 10.9 Å². The van der Waals surface area contributed by atoms with Crippen molar-refractivity contribution in [2.75, 3.05) is 5.32 Å². The van der Waals surface area contributed by atoms with Crippen LogP contribution in [0.25, 0.3) is 5.82 Å². The van der Waals surface area contributed by atoms with Crippen LogP contribution in [-0.4, -0.2) is 25.5 Å². The zero-order valence-electron chi connectivity index (χ0n) is 15.9. The predicted octanol–water partition coefficient (Wildman–Crippen LogP) is 3.26. The number of anilines is 1. The number of carbonyl (C=O) groups is 1. The van der Waals surface area contributed by atoms with E-state index < -0.39 is 29.2 Å². The summed E-state index contributed by atoms with van der Waals surface area (Å²) in [7, 11) is 0. The lowest BCUT2D eigenvalue weighted by Crippen LogP contribution is -2.33. The lowest BCUT2D eigenvalue weighted by atomic mass is 10.2. The number of aromatic nitrogens is 4. The Hall–Kier alpha value is -3.43. The van der Waals surface area contributed by atoms with Gasteiger partial charge >= 0.3 is 6.18 Å². The Kier molecular flexibility index (Phi) is 5.27. The van der Waals surface area contributed by atoms with E-state index in [1.807, 2.05) is 19.9 Å². The highest BCUT2D eigenvalue weighted by atomic mass is 19.4. The molecule has 1 aromatic carbocycles. The first-order chi connectivity index (χ1) is 13.6. The van der Waals surface area contributed by atoms with Gasteiger partial charge in [-0.15, -0.1) is 5.10 Å². The molecule has 0 radical (unpaired) electrons. The first-order valence-electron chi connectivity index (χ1n) is 8.68. The van der Waals surface area contributed by atoms with Crippen molar-refractivity contribution in [3.63, 3.8) is 0 Å². The average Bonchev–Trinajstić information content (AvgIpc) is 2.99. The van der Waals surface area contributed by atoms with Crippen molar-refractivity contribution in [1.29, 1.82) is 0 Å². The summed E-state index contributed by atoms with van der Waals surface area (Å²) in [4.78, 5) is 24.7. The minimum absolute atomic E-state index is 0.0283. The summed E-state index contributed by atoms with van der Waals surface area (Å²) in [6.45, 7) is 5.06. The topological polar surface area (TPSA) is 81.8 Å². The summed E-state index contributed by atoms with van der Waals surface area (Å²) in [5.74, 6) is -0.335. The molecule has 0 aliphatic carbocycles. The molecule has 1 atom stereocenters. The summed E-state index contributed by atoms with van der Waals surface area (Å²) in [6.07, 6.45) is -4.53. The molecule has 0 saturated heterocycles. The van der Waals surface area contributed by atoms with Crippen LogP contribution >= 0.6 is 0 Å². The number of carbonyl (C=O) groups excluding carboxylic acids is 1. The van der Waals surface area contributed by atoms with Crippen LogP contribution in [0.4, 0.5) is 18.9 Å². The standard InChI is InChI=1S/C19H18F3N5O2/c1-11-9-12(2)26(24-11)16-7-8-17(28)27(25-16)13(3)18(29)23-15-6-4-5-14(10-15)19(20,21)22/h4-10,13H,1-3H3,(H,23,29). The van der Waals surface area contributed by atoms with Crippen molar-refractivity contribution in [3.8, 4) is 5.82 Å². The van der Waals surface area contributed by atoms with Crippen molar-refractivity contribution in [3.05, 3.63) is 69.8 Å². The second-order valence-electron chi connectivity index (χ2n) is 6.56. The van der Waals surface area contributed by atoms with Gasteiger partial charge in [0, 0.05) is 17.4 Å². The second kappa shape index (κ2) is 7.53. The van der Waals surface area contributed by atoms with Crippen molar-refractivity contribution >= 4 is 11.6 Å². The molecule has 2 aromatic heterocycles. The van der Waals surface area contributed by atoms with E-state index in [-0.39, 0.29) is 5.69 Å². The number of halogens is 3. The number of nitrogens with one attached hydrogen (secondary N) is 1. The number of hydrogen-bond donors (Lipinski definition) is 1. The maximum absolute atomic E-state index is 12.8. The van der Waals surface area contributed by atoms with E-state index in [1.165, 1.54) is 35.9 Å². The fourth-order valence-electron chi connectivity index (χ4n) is 2.80. The normalized spacial score (nSPS) is 12.6. The maximum atomic E-state index is 12.8. The number of amides is 1. The summed E-state index contributed by atoms with van der Waals surface area (Å²) in [5.41, 5.74) is 0.116. The molecule has 0 aliphatic rings. The SMILES string of the molecule is Cc1cc(C)n(-c2ccc(=O)n(C(C)C(=O)Nc3cccc(C(F)(F)F)c3)n2)n1. The van der Waals surface area contributed by atoms with E-state index in [1.54, 1.807) is 0 Å². The summed E-state index contributed by atoms with van der Waals surface area (Å²) in [5, 5.41) is 10.9. The first-order valence-corrected chi connectivity index (χ1v) is 8.68. The smallest absolute Gasteiger partial charge is 0.324 e. The molecule has 10 heteroatoms. The fourth-order valence-corrected chi connectivity index (χ4v) is 2.80. The molecule has 152 valence electrons. The van der Waals surface area contributed by atoms with E-state index in [0.29, 0.717) is 5.82 Å². The third-order valence-corrected chi connectivity index (χ3v) is 4.24. The molecule has 0 spiro atoms. The van der Waals surface area contributed by atoms with Gasteiger partial charge in [0.05, 0.1) is 11.3 Å². The number of hydrogen-bond acceptors (Lipinski definition) is 4. The Morgan fingerprint density at radius 2 is 1.83 bits per heavy atom. The molecule has 0 fully saturated rings. The molecule has 1 N–H and O–H groups in total. The van der Waals surface area contributed by atoms with Crippen molar-refractivity contribution in [1.82, 2.24) is 19.6 Å². The van der Waals surface area contributed by atoms with Crippen LogP contribution in [0.15, 0.2) is 47.3 Å². The lowest BCUT2D eigenvalue weighted by Gasteiger charge is -2.16. The minimum Gasteiger partial charge on any atom is -0.324 e. The first kappa shape index (κ1) is 20.3. The van der Waals surface area contributed by atoms with Crippen molar-refractivity contribution in [2.45, 2.75) is 33.0 Å². The zero-order chi connectivity index (χ0) is 21.3. The third kappa shape index (κ3) is 4.36. The Balaban J connectivity index is 1.87. The highest BCUT2D eigenvalue weighted by molar-refractivity contribution is 5.93. The summed E-state index contributed by atoms with van der Waals surface area (Å²) >= 11 is 0. The molecule has 7 nitrogen and oxygen atoms in total. The number of aryl methyl sites for hydroxylation is 2. The van der Waals surface area contributed by atoms with Crippen LogP contribution in [0.3, 0.4) is 0 Å². The van der Waals surface area contributed by atoms with Gasteiger partial charge in [-0.2, -0.15) is 18.3 Å². The molecule has 0 bridgehead atoms. The second-order valence-corrected chi connectivity index (χ2v) is 6.56. The number of nitrogens with zero attached hydrogens (tertiary/aromatic N) is 4. The van der Waals surface area contributed by atoms with Gasteiger partial charge in [0.2, 0.25) is 5.91 Å². The molecular formula is C19H18F3N5O2. The van der Waals surface area contributed by atoms with E-state index >= 15 is 0 Å². The number of alkyl halides is 3. The van der Waals surface area contributed by atoms with Gasteiger partial charge in [-0.05, 0) is 51.1 Å². The van der Waals surface area contributed by atoms with Crippen LogP contribution in [0.1, 0.15) is 29.9 Å². The molecule has 2 heterocycles. The van der Waals surface area contributed by atoms with Crippen molar-refractivity contribution < 1.29 is 18.0 Å². The Morgan fingerprint density at radius 3 is 2.45 bits per heavy atom. The minimum atomic E-state index is -4.53. The zero-order valence-corrected chi connectivity index (χ0v) is 15.9. The van der Waals surface area contributed by atoms with Gasteiger partial charge in [0.15, 0.2) is 5.82 Å². The van der Waals surface area contributed by atoms with Gasteiger partial charge in [-0.1, -0.05) is 6.07 Å². The van der Waals surface area contributed by atoms with Crippen molar-refractivity contribution in [2.24, 2.45) is 0 Å². The van der Waals surface area contributed by atoms with Crippen LogP contribution in [-0.2, 0) is 11.0 Å². The van der Waals surface area contributed by atoms with E-state index in [2.05, 4.69) is 15.5 Å². The van der Waals surface area contributed by atoms with Crippen LogP contribution in [0, 0.1) is 13.8 Å². The largest absolute Gasteiger partial charge is 0.416 e. The fraction of sp³-hybridized carbons (Fsp3) is 0.263. The molecular weight excluding hydrogens is 387 g/mol. The average molecular weight is 405 g/mol. The molecule has 1 unspecified atom stereocenters. The quantitative estimate of drug-likeness (QED) is 0.722. The van der Waals surface area contributed by atoms with Gasteiger partial charge < -0.3 is 5.32 Å². The van der Waals surface area contributed by atoms with E-state index in [4.69, 9.17) is 0 Å². The Labute approximate surface area is 163 Å². The van der Waals surface area contributed by atoms with Crippen LogP contribution in [0.2, 0.25) is 0 Å². The molecule has 3 aromatic rings. The van der Waals surface area contributed by atoms with Crippen LogP contribution in [0.5, 0.6) is 0 Å². The van der Waals surface area contributed by atoms with Gasteiger partial charge in [0.1, 0.15) is 6.04 Å². The molecule has 3 rings (SSSR count). The van der Waals surface area contributed by atoms with E-state index in [0.717, 1.165) is 28.2 Å². The van der Waals surface area contributed by atoms with Gasteiger partial charge in [-0.25, -0.2) is 9.36 Å². The molecule has 0 saturated carbocycles. The monoisotopic (exact) mass is 405 g/mol. The third-order valence-electron chi connectivity index (χ3n) is 4.24. The predicted molar refractivity (Wildman–Crippen MR) is 99.9 cm³/mol. The number of rotatable bonds is 4. The molecule has 1 amide bonds. The van der Waals surface area contributed by atoms with E-state index in [9.17, 15) is 22.8 Å². The van der Waals surface area contributed by atoms with Gasteiger partial charge in [-0.3, -0.25) is 9.59 Å². The Morgan fingerprint density at radius 1 is 1.10 bits per heavy atom. The highest BCUT2D eigenvalue weighted by Gasteiger charge is 2.30. The number of benzene rings is 1. The van der Waals surface area contributed by atoms with Gasteiger partial charge in [0.25, 0.3) is 5.56 Å². The summed E-state index contributed by atoms with van der Waals surface area (Å²) < 4.78 is 41.0.